The molecule has 3 aromatic rings. The van der Waals surface area contributed by atoms with Gasteiger partial charge in [-0.05, 0) is 35.9 Å². The molecule has 29 heavy (non-hydrogen) atoms. The van der Waals surface area contributed by atoms with Gasteiger partial charge >= 0.3 is 0 Å². The van der Waals surface area contributed by atoms with Gasteiger partial charge < -0.3 is 9.26 Å². The van der Waals surface area contributed by atoms with Crippen LogP contribution >= 0.6 is 11.6 Å². The fraction of sp³-hybridized carbons (Fsp3) is 0.222. The first-order valence-corrected chi connectivity index (χ1v) is 10.2. The molecular formula is C18H14ClF2N3O4S. The van der Waals surface area contributed by atoms with E-state index in [0.717, 1.165) is 0 Å². The van der Waals surface area contributed by atoms with Crippen LogP contribution in [-0.4, -0.2) is 31.6 Å². The van der Waals surface area contributed by atoms with Crippen LogP contribution in [0.2, 0.25) is 5.02 Å². The van der Waals surface area contributed by atoms with Gasteiger partial charge in [0.25, 0.3) is 5.92 Å². The van der Waals surface area contributed by atoms with E-state index in [1.54, 1.807) is 18.2 Å². The maximum atomic E-state index is 14.5. The highest BCUT2D eigenvalue weighted by atomic mass is 35.5. The van der Waals surface area contributed by atoms with E-state index in [4.69, 9.17) is 26.0 Å². The molecule has 1 saturated carbocycles. The smallest absolute Gasteiger partial charge is 0.268 e. The van der Waals surface area contributed by atoms with E-state index >= 15 is 0 Å². The van der Waals surface area contributed by atoms with Crippen molar-refractivity contribution < 1.29 is 26.5 Å². The third-order valence-electron chi connectivity index (χ3n) is 4.73. The van der Waals surface area contributed by atoms with Crippen LogP contribution in [0.25, 0.3) is 11.4 Å². The van der Waals surface area contributed by atoms with E-state index in [9.17, 15) is 17.2 Å². The number of hydrogen-bond acceptors (Lipinski definition) is 6. The third-order valence-corrected chi connectivity index (χ3v) is 5.90. The molecule has 152 valence electrons. The van der Waals surface area contributed by atoms with E-state index in [1.807, 2.05) is 0 Å². The van der Waals surface area contributed by atoms with E-state index in [2.05, 4.69) is 10.1 Å². The van der Waals surface area contributed by atoms with Crippen molar-refractivity contribution in [3.8, 4) is 17.1 Å². The van der Waals surface area contributed by atoms with E-state index < -0.39 is 27.8 Å². The van der Waals surface area contributed by atoms with Crippen LogP contribution in [0.5, 0.6) is 5.75 Å². The monoisotopic (exact) mass is 441 g/mol. The molecule has 0 bridgehead atoms. The molecule has 0 amide bonds. The summed E-state index contributed by atoms with van der Waals surface area (Å²) in [5.41, 5.74) is 0.653. The lowest BCUT2D eigenvalue weighted by Gasteiger charge is -2.04. The molecule has 11 heteroatoms. The molecule has 2 atom stereocenters. The number of aromatic nitrogens is 2. The van der Waals surface area contributed by atoms with Gasteiger partial charge in [0.15, 0.2) is 0 Å². The summed E-state index contributed by atoms with van der Waals surface area (Å²) in [6.07, 6.45) is 0. The lowest BCUT2D eigenvalue weighted by molar-refractivity contribution is 0.0999. The standard InChI is InChI=1S/C18H14ClF2N3O4S/c1-27-13-7-4-10(19)8-12(13)16-23-17(28-24-16)15-14(18(15,20)21)9-2-5-11(6-3-9)29(22,25)26/h2-8,14-15H,1H3,(H2,22,25,26)/t14-,15+/m1/s1. The van der Waals surface area contributed by atoms with Crippen molar-refractivity contribution in [1.82, 2.24) is 10.1 Å². The van der Waals surface area contributed by atoms with E-state index in [0.29, 0.717) is 16.3 Å². The molecule has 4 rings (SSSR count). The minimum atomic E-state index is -3.91. The van der Waals surface area contributed by atoms with Gasteiger partial charge in [-0.1, -0.05) is 28.9 Å². The maximum absolute atomic E-state index is 14.5. The highest BCUT2D eigenvalue weighted by Gasteiger charge is 2.72. The van der Waals surface area contributed by atoms with Crippen LogP contribution in [0.3, 0.4) is 0 Å². The predicted molar refractivity (Wildman–Crippen MR) is 99.5 cm³/mol. The zero-order chi connectivity index (χ0) is 21.0. The third kappa shape index (κ3) is 3.47. The lowest BCUT2D eigenvalue weighted by Crippen LogP contribution is -2.11. The Labute approximate surface area is 169 Å². The van der Waals surface area contributed by atoms with Gasteiger partial charge in [0.2, 0.25) is 21.7 Å². The Hall–Kier alpha value is -2.56. The second-order valence-electron chi connectivity index (χ2n) is 6.54. The summed E-state index contributed by atoms with van der Waals surface area (Å²) in [5, 5.41) is 9.22. The Morgan fingerprint density at radius 1 is 1.17 bits per heavy atom. The van der Waals surface area contributed by atoms with Gasteiger partial charge in [-0.15, -0.1) is 0 Å². The summed E-state index contributed by atoms with van der Waals surface area (Å²) in [6.45, 7) is 0. The molecule has 7 nitrogen and oxygen atoms in total. The molecule has 2 N–H and O–H groups in total. The number of nitrogens with zero attached hydrogens (tertiary/aromatic N) is 2. The number of rotatable bonds is 5. The van der Waals surface area contributed by atoms with Crippen molar-refractivity contribution in [2.75, 3.05) is 7.11 Å². The van der Waals surface area contributed by atoms with Crippen LogP contribution in [0.15, 0.2) is 51.9 Å². The first kappa shape index (κ1) is 19.7. The minimum Gasteiger partial charge on any atom is -0.496 e. The summed E-state index contributed by atoms with van der Waals surface area (Å²) < 4.78 is 61.9. The number of sulfonamides is 1. The Morgan fingerprint density at radius 2 is 1.86 bits per heavy atom. The molecule has 0 saturated heterocycles. The van der Waals surface area contributed by atoms with Gasteiger partial charge in [0.1, 0.15) is 11.7 Å². The molecule has 1 heterocycles. The molecule has 1 aliphatic rings. The molecule has 0 spiro atoms. The van der Waals surface area contributed by atoms with Crippen LogP contribution in [0, 0.1) is 0 Å². The zero-order valence-electron chi connectivity index (χ0n) is 14.8. The van der Waals surface area contributed by atoms with Gasteiger partial charge in [0.05, 0.1) is 23.5 Å². The van der Waals surface area contributed by atoms with E-state index in [-0.39, 0.29) is 22.2 Å². The molecule has 1 aromatic heterocycles. The quantitative estimate of drug-likeness (QED) is 0.648. The fourth-order valence-corrected chi connectivity index (χ4v) is 3.93. The predicted octanol–water partition coefficient (Wildman–Crippen LogP) is 3.56. The van der Waals surface area contributed by atoms with Gasteiger partial charge in [-0.3, -0.25) is 0 Å². The van der Waals surface area contributed by atoms with Gasteiger partial charge in [-0.2, -0.15) is 4.98 Å². The largest absolute Gasteiger partial charge is 0.496 e. The van der Waals surface area contributed by atoms with Gasteiger partial charge in [0, 0.05) is 5.02 Å². The molecule has 0 radical (unpaired) electrons. The second-order valence-corrected chi connectivity index (χ2v) is 8.54. The highest BCUT2D eigenvalue weighted by molar-refractivity contribution is 7.89. The van der Waals surface area contributed by atoms with Crippen molar-refractivity contribution in [2.24, 2.45) is 5.14 Å². The normalized spacial score (nSPS) is 20.4. The van der Waals surface area contributed by atoms with Crippen molar-refractivity contribution in [2.45, 2.75) is 22.7 Å². The fourth-order valence-electron chi connectivity index (χ4n) is 3.24. The summed E-state index contributed by atoms with van der Waals surface area (Å²) >= 11 is 5.99. The number of hydrogen-bond donors (Lipinski definition) is 1. The van der Waals surface area contributed by atoms with Gasteiger partial charge in [-0.25, -0.2) is 22.3 Å². The highest BCUT2D eigenvalue weighted by Crippen LogP contribution is 2.66. The lowest BCUT2D eigenvalue weighted by atomic mass is 10.1. The number of alkyl halides is 2. The summed E-state index contributed by atoms with van der Waals surface area (Å²) in [4.78, 5) is 3.95. The number of nitrogens with two attached hydrogens (primary N) is 1. The second kappa shape index (κ2) is 6.75. The SMILES string of the molecule is COc1ccc(Cl)cc1-c1noc([C@@H]2[C@@H](c3ccc(S(N)(=O)=O)cc3)C2(F)F)n1. The number of methoxy groups -OCH3 is 1. The topological polar surface area (TPSA) is 108 Å². The summed E-state index contributed by atoms with van der Waals surface area (Å²) in [5.74, 6) is -5.40. The molecule has 2 aromatic carbocycles. The Balaban J connectivity index is 1.64. The van der Waals surface area contributed by atoms with Crippen molar-refractivity contribution in [1.29, 1.82) is 0 Å². The molecule has 0 unspecified atom stereocenters. The van der Waals surface area contributed by atoms with Crippen LogP contribution < -0.4 is 9.88 Å². The Kier molecular flexibility index (Phi) is 4.60. The maximum Gasteiger partial charge on any atom is 0.268 e. The zero-order valence-corrected chi connectivity index (χ0v) is 16.4. The van der Waals surface area contributed by atoms with Crippen molar-refractivity contribution >= 4 is 21.6 Å². The van der Waals surface area contributed by atoms with Crippen molar-refractivity contribution in [3.63, 3.8) is 0 Å². The van der Waals surface area contributed by atoms with Crippen LogP contribution in [-0.2, 0) is 10.0 Å². The number of benzene rings is 2. The molecule has 1 aliphatic carbocycles. The molecule has 1 fully saturated rings. The van der Waals surface area contributed by atoms with Crippen molar-refractivity contribution in [3.05, 3.63) is 58.9 Å². The summed E-state index contributed by atoms with van der Waals surface area (Å²) in [7, 11) is -2.46. The average Bonchev–Trinajstić information content (AvgIpc) is 3.01. The molecular weight excluding hydrogens is 428 g/mol. The van der Waals surface area contributed by atoms with Crippen LogP contribution in [0.1, 0.15) is 23.3 Å². The van der Waals surface area contributed by atoms with Crippen LogP contribution in [0.4, 0.5) is 8.78 Å². The molecule has 0 aliphatic heterocycles. The number of ether oxygens (including phenoxy) is 1. The first-order chi connectivity index (χ1) is 13.6. The Bertz CT molecular complexity index is 1180. The number of primary sulfonamides is 1. The number of halogens is 3. The first-order valence-electron chi connectivity index (χ1n) is 8.31. The summed E-state index contributed by atoms with van der Waals surface area (Å²) in [6, 6.07) is 9.74. The Morgan fingerprint density at radius 3 is 2.48 bits per heavy atom. The van der Waals surface area contributed by atoms with E-state index in [1.165, 1.54) is 31.4 Å². The minimum absolute atomic E-state index is 0.0744. The average molecular weight is 442 g/mol.